The van der Waals surface area contributed by atoms with E-state index in [1.54, 1.807) is 0 Å². The molecule has 1 unspecified atom stereocenters. The Bertz CT molecular complexity index is 160. The average Bonchev–Trinajstić information content (AvgIpc) is 1.86. The van der Waals surface area contributed by atoms with E-state index in [1.165, 1.54) is 12.0 Å². The SMILES string of the molecule is CC(C)(C)C1SOCCC1=O. The van der Waals surface area contributed by atoms with Gasteiger partial charge in [0.25, 0.3) is 0 Å². The summed E-state index contributed by atoms with van der Waals surface area (Å²) in [6.45, 7) is 6.78. The van der Waals surface area contributed by atoms with Gasteiger partial charge in [-0.15, -0.1) is 0 Å². The van der Waals surface area contributed by atoms with Crippen molar-refractivity contribution in [1.82, 2.24) is 0 Å². The minimum atomic E-state index is 0.0243. The number of carbonyl (C=O) groups excluding carboxylic acids is 1. The van der Waals surface area contributed by atoms with Gasteiger partial charge in [0.15, 0.2) is 5.78 Å². The van der Waals surface area contributed by atoms with Crippen LogP contribution in [0, 0.1) is 5.41 Å². The van der Waals surface area contributed by atoms with Crippen LogP contribution in [-0.4, -0.2) is 17.6 Å². The summed E-state index contributed by atoms with van der Waals surface area (Å²) in [6, 6.07) is 0. The van der Waals surface area contributed by atoms with Gasteiger partial charge in [-0.05, 0) is 5.41 Å². The third-order valence-corrected chi connectivity index (χ3v) is 3.14. The molecule has 0 saturated carbocycles. The van der Waals surface area contributed by atoms with E-state index in [0.29, 0.717) is 18.8 Å². The molecule has 0 N–H and O–H groups in total. The monoisotopic (exact) mass is 174 g/mol. The lowest BCUT2D eigenvalue weighted by Gasteiger charge is -2.30. The topological polar surface area (TPSA) is 26.3 Å². The first-order valence-electron chi connectivity index (χ1n) is 3.83. The summed E-state index contributed by atoms with van der Waals surface area (Å²) in [5.74, 6) is 0.328. The van der Waals surface area contributed by atoms with Crippen molar-refractivity contribution in [3.05, 3.63) is 0 Å². The van der Waals surface area contributed by atoms with E-state index in [9.17, 15) is 4.79 Å². The Hall–Kier alpha value is -0.0200. The summed E-state index contributed by atoms with van der Waals surface area (Å²) in [5.41, 5.74) is 0.0299. The van der Waals surface area contributed by atoms with Crippen LogP contribution in [0.25, 0.3) is 0 Å². The van der Waals surface area contributed by atoms with Gasteiger partial charge in [0.2, 0.25) is 0 Å². The molecule has 0 spiro atoms. The highest BCUT2D eigenvalue weighted by atomic mass is 32.2. The molecule has 11 heavy (non-hydrogen) atoms. The Morgan fingerprint density at radius 1 is 1.55 bits per heavy atom. The molecule has 64 valence electrons. The lowest BCUT2D eigenvalue weighted by atomic mass is 9.88. The Morgan fingerprint density at radius 2 is 2.18 bits per heavy atom. The van der Waals surface area contributed by atoms with Crippen LogP contribution in [0.4, 0.5) is 0 Å². The van der Waals surface area contributed by atoms with Gasteiger partial charge in [0.1, 0.15) is 0 Å². The van der Waals surface area contributed by atoms with Gasteiger partial charge in [-0.2, -0.15) is 0 Å². The Balaban J connectivity index is 2.62. The fraction of sp³-hybridized carbons (Fsp3) is 0.875. The highest BCUT2D eigenvalue weighted by Gasteiger charge is 2.34. The maximum absolute atomic E-state index is 11.3. The second-order valence-corrected chi connectivity index (χ2v) is 4.78. The van der Waals surface area contributed by atoms with Crippen molar-refractivity contribution in [3.63, 3.8) is 0 Å². The van der Waals surface area contributed by atoms with Crippen LogP contribution in [0.3, 0.4) is 0 Å². The van der Waals surface area contributed by atoms with E-state index in [-0.39, 0.29) is 10.7 Å². The largest absolute Gasteiger partial charge is 0.314 e. The molecule has 1 aliphatic rings. The molecule has 0 aliphatic carbocycles. The zero-order valence-electron chi connectivity index (χ0n) is 7.22. The summed E-state index contributed by atoms with van der Waals surface area (Å²) >= 11 is 1.33. The van der Waals surface area contributed by atoms with Crippen LogP contribution in [0.5, 0.6) is 0 Å². The Morgan fingerprint density at radius 3 is 2.55 bits per heavy atom. The van der Waals surface area contributed by atoms with E-state index < -0.39 is 0 Å². The molecule has 1 aliphatic heterocycles. The summed E-state index contributed by atoms with van der Waals surface area (Å²) in [4.78, 5) is 11.3. The zero-order chi connectivity index (χ0) is 8.48. The van der Waals surface area contributed by atoms with Crippen molar-refractivity contribution in [2.24, 2.45) is 5.41 Å². The minimum Gasteiger partial charge on any atom is -0.314 e. The molecule has 0 radical (unpaired) electrons. The van der Waals surface area contributed by atoms with E-state index in [2.05, 4.69) is 20.8 Å². The minimum absolute atomic E-state index is 0.0243. The number of hydrogen-bond acceptors (Lipinski definition) is 3. The summed E-state index contributed by atoms with van der Waals surface area (Å²) < 4.78 is 5.17. The maximum atomic E-state index is 11.3. The van der Waals surface area contributed by atoms with Gasteiger partial charge >= 0.3 is 0 Å². The number of carbonyl (C=O) groups is 1. The van der Waals surface area contributed by atoms with Crippen LogP contribution < -0.4 is 0 Å². The molecule has 1 saturated heterocycles. The molecule has 1 rings (SSSR count). The number of hydrogen-bond donors (Lipinski definition) is 0. The molecule has 0 aromatic heterocycles. The van der Waals surface area contributed by atoms with Crippen molar-refractivity contribution in [2.45, 2.75) is 32.4 Å². The van der Waals surface area contributed by atoms with Crippen LogP contribution in [-0.2, 0) is 8.98 Å². The normalized spacial score (nSPS) is 27.2. The quantitative estimate of drug-likeness (QED) is 0.526. The maximum Gasteiger partial charge on any atom is 0.151 e. The van der Waals surface area contributed by atoms with Gasteiger partial charge in [-0.3, -0.25) is 4.79 Å². The van der Waals surface area contributed by atoms with E-state index in [4.69, 9.17) is 4.18 Å². The third kappa shape index (κ3) is 2.20. The molecule has 3 heteroatoms. The van der Waals surface area contributed by atoms with Gasteiger partial charge in [-0.25, -0.2) is 0 Å². The molecule has 0 aromatic carbocycles. The number of rotatable bonds is 0. The Kier molecular flexibility index (Phi) is 2.60. The van der Waals surface area contributed by atoms with Crippen LogP contribution in [0.15, 0.2) is 0 Å². The fourth-order valence-electron chi connectivity index (χ4n) is 1.07. The summed E-state index contributed by atoms with van der Waals surface area (Å²) in [5, 5.41) is 0.0243. The first-order valence-corrected chi connectivity index (χ1v) is 4.63. The van der Waals surface area contributed by atoms with Crippen molar-refractivity contribution >= 4 is 17.8 Å². The summed E-state index contributed by atoms with van der Waals surface area (Å²) in [6.07, 6.45) is 0.578. The van der Waals surface area contributed by atoms with Crippen LogP contribution in [0.2, 0.25) is 0 Å². The van der Waals surface area contributed by atoms with E-state index in [1.807, 2.05) is 0 Å². The zero-order valence-corrected chi connectivity index (χ0v) is 8.03. The highest BCUT2D eigenvalue weighted by Crippen LogP contribution is 2.34. The standard InChI is InChI=1S/C8H14O2S/c1-8(2,3)7-6(9)4-5-10-11-7/h7H,4-5H2,1-3H3. The first-order chi connectivity index (χ1) is 5.02. The van der Waals surface area contributed by atoms with Crippen LogP contribution >= 0.6 is 12.0 Å². The van der Waals surface area contributed by atoms with Gasteiger partial charge in [-0.1, -0.05) is 20.8 Å². The molecular formula is C8H14O2S. The third-order valence-electron chi connectivity index (χ3n) is 1.68. The van der Waals surface area contributed by atoms with E-state index in [0.717, 1.165) is 0 Å². The molecule has 0 bridgehead atoms. The van der Waals surface area contributed by atoms with Crippen molar-refractivity contribution in [1.29, 1.82) is 0 Å². The van der Waals surface area contributed by atoms with Crippen molar-refractivity contribution in [2.75, 3.05) is 6.61 Å². The predicted molar refractivity (Wildman–Crippen MR) is 46.4 cm³/mol. The Labute approximate surface area is 71.9 Å². The van der Waals surface area contributed by atoms with E-state index >= 15 is 0 Å². The van der Waals surface area contributed by atoms with Gasteiger partial charge < -0.3 is 4.18 Å². The molecular weight excluding hydrogens is 160 g/mol. The fourth-order valence-corrected chi connectivity index (χ4v) is 1.90. The first kappa shape index (κ1) is 9.07. The van der Waals surface area contributed by atoms with Crippen molar-refractivity contribution in [3.8, 4) is 0 Å². The molecule has 1 fully saturated rings. The molecule has 1 atom stereocenters. The summed E-state index contributed by atoms with van der Waals surface area (Å²) in [7, 11) is 0. The molecule has 0 amide bonds. The lowest BCUT2D eigenvalue weighted by Crippen LogP contribution is -2.35. The predicted octanol–water partition coefficient (Wildman–Crippen LogP) is 2.04. The lowest BCUT2D eigenvalue weighted by molar-refractivity contribution is -0.121. The van der Waals surface area contributed by atoms with Gasteiger partial charge in [0, 0.05) is 18.5 Å². The highest BCUT2D eigenvalue weighted by molar-refractivity contribution is 7.96. The second kappa shape index (κ2) is 3.15. The molecule has 2 nitrogen and oxygen atoms in total. The van der Waals surface area contributed by atoms with Crippen LogP contribution in [0.1, 0.15) is 27.2 Å². The second-order valence-electron chi connectivity index (χ2n) is 3.88. The number of Topliss-reactive ketones (excluding diaryl/α,β-unsaturated/α-hetero) is 1. The smallest absolute Gasteiger partial charge is 0.151 e. The number of ketones is 1. The molecule has 1 heterocycles. The average molecular weight is 174 g/mol. The van der Waals surface area contributed by atoms with Crippen molar-refractivity contribution < 1.29 is 8.98 Å². The molecule has 0 aromatic rings. The van der Waals surface area contributed by atoms with Gasteiger partial charge in [0.05, 0.1) is 11.9 Å².